The number of fused-ring (bicyclic) bond motifs is 8. The molecule has 5 rings (SSSR count). The van der Waals surface area contributed by atoms with Gasteiger partial charge in [-0.1, -0.05) is 83.0 Å². The Bertz CT molecular complexity index is 1790. The Morgan fingerprint density at radius 2 is 1.42 bits per heavy atom. The van der Waals surface area contributed by atoms with Crippen molar-refractivity contribution in [1.29, 1.82) is 0 Å². The second-order valence-corrected chi connectivity index (χ2v) is 10.9. The smallest absolute Gasteiger partial charge is 0.675 e. The van der Waals surface area contributed by atoms with Crippen LogP contribution >= 0.6 is 0 Å². The van der Waals surface area contributed by atoms with Gasteiger partial charge < -0.3 is 40.4 Å². The van der Waals surface area contributed by atoms with E-state index in [1.54, 1.807) is 12.2 Å². The average Bonchev–Trinajstić information content (AvgIpc) is 3.59. The van der Waals surface area contributed by atoms with Gasteiger partial charge in [-0.3, -0.25) is 0 Å². The Hall–Kier alpha value is -4.20. The van der Waals surface area contributed by atoms with Crippen molar-refractivity contribution in [1.82, 2.24) is 9.97 Å². The van der Waals surface area contributed by atoms with Crippen LogP contribution in [-0.4, -0.2) is 24.0 Å². The van der Waals surface area contributed by atoms with Crippen molar-refractivity contribution in [3.8, 4) is 0 Å². The third-order valence-corrected chi connectivity index (χ3v) is 8.37. The Balaban J connectivity index is 0.00000235. The maximum absolute atomic E-state index is 11.4. The predicted octanol–water partition coefficient (Wildman–Crippen LogP) is 2.58. The molecule has 2 aromatic rings. The van der Waals surface area contributed by atoms with Gasteiger partial charge in [0.2, 0.25) is 0 Å². The van der Waals surface area contributed by atoms with E-state index in [9.17, 15) is 19.8 Å². The fourth-order valence-electron chi connectivity index (χ4n) is 5.90. The topological polar surface area (TPSA) is 137 Å². The van der Waals surface area contributed by atoms with Crippen LogP contribution in [0.5, 0.6) is 0 Å². The van der Waals surface area contributed by atoms with E-state index < -0.39 is 11.9 Å². The van der Waals surface area contributed by atoms with E-state index >= 15 is 0 Å². The van der Waals surface area contributed by atoms with Crippen LogP contribution in [0.4, 0.5) is 0 Å². The van der Waals surface area contributed by atoms with E-state index in [4.69, 9.17) is 20.6 Å². The molecule has 9 heteroatoms. The summed E-state index contributed by atoms with van der Waals surface area (Å²) in [6.07, 6.45) is 11.5. The first-order chi connectivity index (χ1) is 20.0. The summed E-state index contributed by atoms with van der Waals surface area (Å²) in [5.74, 6) is -2.29. The predicted molar refractivity (Wildman–Crippen MR) is 163 cm³/mol. The third kappa shape index (κ3) is 6.01. The number of rotatable bonds is 8. The Labute approximate surface area is 264 Å². The van der Waals surface area contributed by atoms with E-state index in [-0.39, 0.29) is 57.7 Å². The van der Waals surface area contributed by atoms with Gasteiger partial charge in [0.25, 0.3) is 0 Å². The molecule has 0 fully saturated rings. The van der Waals surface area contributed by atoms with Crippen molar-refractivity contribution in [3.05, 3.63) is 108 Å². The van der Waals surface area contributed by atoms with E-state index in [2.05, 4.69) is 13.2 Å². The maximum atomic E-state index is 11.4. The third-order valence-electron chi connectivity index (χ3n) is 8.37. The Kier molecular flexibility index (Phi) is 9.28. The molecule has 43 heavy (non-hydrogen) atoms. The second-order valence-electron chi connectivity index (χ2n) is 10.9. The van der Waals surface area contributed by atoms with Gasteiger partial charge in [0.1, 0.15) is 0 Å². The van der Waals surface area contributed by atoms with Crippen LogP contribution in [0.1, 0.15) is 69.6 Å². The SMILES string of the molecule is C=CC1=C(C)C2C=c3[n-]c(c(C)c3C=C)=CC3[N-]C(=Cc4[n-]c(c(C)c4CCC(=O)[O-])C=C1[N-]2)C(CCC(=O)[O-])=C3C.[Fe+4].[H+].[H+]. The fourth-order valence-corrected chi connectivity index (χ4v) is 5.90. The zero-order valence-electron chi connectivity index (χ0n) is 26.6. The van der Waals surface area contributed by atoms with Crippen LogP contribution in [0.3, 0.4) is 0 Å². The van der Waals surface area contributed by atoms with Crippen molar-refractivity contribution in [2.24, 2.45) is 0 Å². The summed E-state index contributed by atoms with van der Waals surface area (Å²) in [5.41, 5.74) is 9.79. The standard InChI is InChI=1S/C34H34N4O4.Fe/c1-7-21-17(3)25-13-26-19(5)23(9-11-33(39)40)31(37-26)16-32-24(10-12-34(41)42)20(6)28(38-32)15-30-22(8-2)18(4)27(36-30)14-29(21)35-25;/h7-8,13-16,26-27H,1-2,9-12H2,3-6H3,(H,39,40)(H,41,42);/q-4;+4. The van der Waals surface area contributed by atoms with E-state index in [1.165, 1.54) is 0 Å². The van der Waals surface area contributed by atoms with Gasteiger partial charge in [0, 0.05) is 11.9 Å². The molecule has 5 heterocycles. The molecule has 0 saturated carbocycles. The number of hydrogen-bond acceptors (Lipinski definition) is 4. The summed E-state index contributed by atoms with van der Waals surface area (Å²) in [5, 5.41) is 34.3. The number of hydrogen-bond donors (Lipinski definition) is 0. The first-order valence-corrected chi connectivity index (χ1v) is 14.0. The van der Waals surface area contributed by atoms with Crippen LogP contribution < -0.4 is 30.9 Å². The molecule has 0 saturated heterocycles. The van der Waals surface area contributed by atoms with E-state index in [1.807, 2.05) is 52.0 Å². The van der Waals surface area contributed by atoms with Crippen LogP contribution in [0.15, 0.2) is 52.9 Å². The first-order valence-electron chi connectivity index (χ1n) is 14.0. The summed E-state index contributed by atoms with van der Waals surface area (Å²) >= 11 is 0. The molecule has 2 unspecified atom stereocenters. The number of carboxylic acid groups (broad SMARTS) is 2. The van der Waals surface area contributed by atoms with Crippen LogP contribution in [0.25, 0.3) is 41.0 Å². The molecule has 0 N–H and O–H groups in total. The minimum atomic E-state index is -1.15. The molecule has 0 aromatic carbocycles. The number of aliphatic carboxylic acids is 2. The molecule has 8 nitrogen and oxygen atoms in total. The van der Waals surface area contributed by atoms with Crippen LogP contribution in [0.2, 0.25) is 0 Å². The van der Waals surface area contributed by atoms with Crippen molar-refractivity contribution in [2.75, 3.05) is 0 Å². The summed E-state index contributed by atoms with van der Waals surface area (Å²) in [7, 11) is 0. The molecular formula is C34H34FeN4O4. The van der Waals surface area contributed by atoms with Crippen LogP contribution in [-0.2, 0) is 33.1 Å². The number of carbonyl (C=O) groups excluding carboxylic acids is 2. The summed E-state index contributed by atoms with van der Waals surface area (Å²) in [4.78, 5) is 32.7. The largest absolute Gasteiger partial charge is 4.00 e. The minimum absolute atomic E-state index is 0. The fraction of sp³-hybridized carbons (Fsp3) is 0.294. The van der Waals surface area contributed by atoms with Crippen molar-refractivity contribution >= 4 is 42.3 Å². The van der Waals surface area contributed by atoms with Gasteiger partial charge in [-0.2, -0.15) is 0 Å². The normalized spacial score (nSPS) is 18.9. The molecule has 3 aliphatic heterocycles. The molecule has 0 spiro atoms. The first kappa shape index (κ1) is 31.7. The molecule has 8 bridgehead atoms. The van der Waals surface area contributed by atoms with Crippen molar-refractivity contribution in [3.63, 3.8) is 0 Å². The molecule has 0 aliphatic carbocycles. The number of allylic oxidation sites excluding steroid dienone is 2. The number of carbonyl (C=O) groups is 2. The monoisotopic (exact) mass is 618 g/mol. The zero-order valence-corrected chi connectivity index (χ0v) is 25.7. The minimum Gasteiger partial charge on any atom is -0.675 e. The zero-order chi connectivity index (χ0) is 30.3. The molecule has 222 valence electrons. The van der Waals surface area contributed by atoms with Crippen molar-refractivity contribution < 1.29 is 39.7 Å². The Morgan fingerprint density at radius 3 is 2.07 bits per heavy atom. The number of aromatic nitrogens is 2. The van der Waals surface area contributed by atoms with E-state index in [0.717, 1.165) is 60.9 Å². The summed E-state index contributed by atoms with van der Waals surface area (Å²) in [6.45, 7) is 15.9. The quantitative estimate of drug-likeness (QED) is 0.418. The summed E-state index contributed by atoms with van der Waals surface area (Å²) < 4.78 is 0. The molecule has 3 aliphatic rings. The molecule has 2 atom stereocenters. The molecule has 0 amide bonds. The molecular weight excluding hydrogens is 584 g/mol. The average molecular weight is 619 g/mol. The van der Waals surface area contributed by atoms with Crippen molar-refractivity contribution in [2.45, 2.75) is 65.5 Å². The number of carboxylic acids is 2. The second kappa shape index (κ2) is 12.6. The maximum Gasteiger partial charge on any atom is 4.00 e. The van der Waals surface area contributed by atoms with Gasteiger partial charge in [-0.25, -0.2) is 0 Å². The summed E-state index contributed by atoms with van der Waals surface area (Å²) in [6, 6.07) is -0.621. The number of nitrogens with zero attached hydrogens (tertiary/aromatic N) is 4. The van der Waals surface area contributed by atoms with Gasteiger partial charge in [-0.05, 0) is 64.5 Å². The van der Waals surface area contributed by atoms with Gasteiger partial charge >= 0.3 is 19.9 Å². The molecule has 2 aromatic heterocycles. The van der Waals surface area contributed by atoms with Gasteiger partial charge in [0.15, 0.2) is 0 Å². The van der Waals surface area contributed by atoms with Gasteiger partial charge in [0.05, 0.1) is 0 Å². The van der Waals surface area contributed by atoms with Crippen LogP contribution in [0, 0.1) is 13.8 Å². The molecule has 0 radical (unpaired) electrons. The van der Waals surface area contributed by atoms with E-state index in [0.29, 0.717) is 17.1 Å². The Morgan fingerprint density at radius 1 is 0.814 bits per heavy atom. The van der Waals surface area contributed by atoms with Gasteiger partial charge in [-0.15, -0.1) is 45.6 Å².